The predicted octanol–water partition coefficient (Wildman–Crippen LogP) is 4.11. The van der Waals surface area contributed by atoms with Gasteiger partial charge in [-0.1, -0.05) is 18.2 Å². The first kappa shape index (κ1) is 20.1. The molecule has 0 radical (unpaired) electrons. The molecule has 3 aromatic heterocycles. The van der Waals surface area contributed by atoms with Gasteiger partial charge in [-0.15, -0.1) is 0 Å². The maximum Gasteiger partial charge on any atom is 0.251 e. The van der Waals surface area contributed by atoms with E-state index in [0.29, 0.717) is 18.8 Å². The molecule has 1 aliphatic heterocycles. The highest BCUT2D eigenvalue weighted by Crippen LogP contribution is 2.30. The Labute approximate surface area is 185 Å². The van der Waals surface area contributed by atoms with Gasteiger partial charge in [-0.2, -0.15) is 5.10 Å². The summed E-state index contributed by atoms with van der Waals surface area (Å²) < 4.78 is 5.35. The largest absolute Gasteiger partial charge is 0.381 e. The number of aromatic nitrogens is 4. The van der Waals surface area contributed by atoms with Crippen molar-refractivity contribution in [3.63, 3.8) is 0 Å². The Hall–Kier alpha value is -3.84. The number of aromatic amines is 1. The topological polar surface area (TPSA) is 92.8 Å². The zero-order valence-corrected chi connectivity index (χ0v) is 17.5. The van der Waals surface area contributed by atoms with Crippen LogP contribution in [0, 0.1) is 0 Å². The Balaban J connectivity index is 1.36. The van der Waals surface area contributed by atoms with Crippen molar-refractivity contribution in [3.8, 4) is 33.8 Å². The van der Waals surface area contributed by atoms with Gasteiger partial charge >= 0.3 is 0 Å². The summed E-state index contributed by atoms with van der Waals surface area (Å²) in [6.45, 7) is 1.40. The second-order valence-electron chi connectivity index (χ2n) is 7.74. The highest BCUT2D eigenvalue weighted by Gasteiger charge is 2.17. The molecule has 7 nitrogen and oxygen atoms in total. The molecule has 0 unspecified atom stereocenters. The van der Waals surface area contributed by atoms with Crippen LogP contribution < -0.4 is 5.32 Å². The summed E-state index contributed by atoms with van der Waals surface area (Å²) in [5, 5.41) is 10.4. The van der Waals surface area contributed by atoms with E-state index in [0.717, 1.165) is 46.6 Å². The van der Waals surface area contributed by atoms with Gasteiger partial charge in [0.2, 0.25) is 0 Å². The number of amides is 1. The number of nitrogens with one attached hydrogen (secondary N) is 2. The molecule has 1 fully saturated rings. The number of hydrogen-bond acceptors (Lipinski definition) is 5. The van der Waals surface area contributed by atoms with Gasteiger partial charge in [0.25, 0.3) is 5.91 Å². The Morgan fingerprint density at radius 1 is 0.938 bits per heavy atom. The molecule has 0 saturated carbocycles. The molecule has 4 aromatic rings. The van der Waals surface area contributed by atoms with E-state index in [1.165, 1.54) is 0 Å². The molecule has 7 heteroatoms. The van der Waals surface area contributed by atoms with Crippen LogP contribution in [0.25, 0.3) is 33.8 Å². The molecule has 1 aromatic carbocycles. The predicted molar refractivity (Wildman–Crippen MR) is 122 cm³/mol. The third kappa shape index (κ3) is 4.29. The highest BCUT2D eigenvalue weighted by molar-refractivity contribution is 5.95. The summed E-state index contributed by atoms with van der Waals surface area (Å²) >= 11 is 0. The molecule has 1 aliphatic rings. The molecule has 0 aliphatic carbocycles. The molecular weight excluding hydrogens is 402 g/mol. The van der Waals surface area contributed by atoms with Crippen LogP contribution in [-0.4, -0.2) is 45.3 Å². The van der Waals surface area contributed by atoms with Gasteiger partial charge in [0.05, 0.1) is 23.3 Å². The van der Waals surface area contributed by atoms with Crippen molar-refractivity contribution in [3.05, 3.63) is 78.8 Å². The third-order valence-corrected chi connectivity index (χ3v) is 5.63. The number of carbonyl (C=O) groups is 1. The van der Waals surface area contributed by atoms with Gasteiger partial charge in [0.1, 0.15) is 0 Å². The Kier molecular flexibility index (Phi) is 5.72. The van der Waals surface area contributed by atoms with E-state index in [1.54, 1.807) is 18.6 Å². The van der Waals surface area contributed by atoms with E-state index >= 15 is 0 Å². The first-order valence-corrected chi connectivity index (χ1v) is 10.7. The second kappa shape index (κ2) is 9.11. The van der Waals surface area contributed by atoms with Crippen LogP contribution in [0.3, 0.4) is 0 Å². The minimum atomic E-state index is -0.0531. The zero-order chi connectivity index (χ0) is 21.8. The van der Waals surface area contributed by atoms with Crippen LogP contribution in [0.5, 0.6) is 0 Å². The maximum absolute atomic E-state index is 12.6. The Morgan fingerprint density at radius 2 is 1.75 bits per heavy atom. The van der Waals surface area contributed by atoms with Crippen LogP contribution in [0.2, 0.25) is 0 Å². The number of rotatable bonds is 5. The number of pyridine rings is 2. The fourth-order valence-electron chi connectivity index (χ4n) is 3.87. The van der Waals surface area contributed by atoms with Crippen LogP contribution in [0.15, 0.2) is 73.2 Å². The summed E-state index contributed by atoms with van der Waals surface area (Å²) in [5.41, 5.74) is 6.04. The van der Waals surface area contributed by atoms with E-state index in [4.69, 9.17) is 4.74 Å². The van der Waals surface area contributed by atoms with Gasteiger partial charge in [0, 0.05) is 53.9 Å². The Bertz CT molecular complexity index is 1200. The molecule has 1 saturated heterocycles. The molecule has 0 bridgehead atoms. The van der Waals surface area contributed by atoms with E-state index in [1.807, 2.05) is 54.6 Å². The molecular formula is C25H23N5O2. The zero-order valence-electron chi connectivity index (χ0n) is 17.5. The lowest BCUT2D eigenvalue weighted by Gasteiger charge is -2.23. The van der Waals surface area contributed by atoms with E-state index < -0.39 is 0 Å². The maximum atomic E-state index is 12.6. The van der Waals surface area contributed by atoms with Crippen molar-refractivity contribution in [1.82, 2.24) is 25.5 Å². The van der Waals surface area contributed by atoms with Gasteiger partial charge in [-0.3, -0.25) is 19.9 Å². The van der Waals surface area contributed by atoms with Crippen LogP contribution in [0.1, 0.15) is 23.2 Å². The molecule has 4 heterocycles. The summed E-state index contributed by atoms with van der Waals surface area (Å²) in [6, 6.07) is 17.5. The van der Waals surface area contributed by atoms with Crippen molar-refractivity contribution >= 4 is 5.91 Å². The average molecular weight is 425 g/mol. The standard InChI is InChI=1S/C25H23N5O2/c31-25(29-20-9-13-32-14-10-20)18-6-4-17(5-7-18)23-15-19(8-12-27-23)24-21(16-28-30-24)22-3-1-2-11-26-22/h1-8,11-12,15-16,20H,9-10,13-14H2,(H,28,30)(H,29,31). The molecule has 1 amide bonds. The van der Waals surface area contributed by atoms with Crippen molar-refractivity contribution < 1.29 is 9.53 Å². The first-order valence-electron chi connectivity index (χ1n) is 10.7. The molecule has 0 atom stereocenters. The number of H-pyrrole nitrogens is 1. The average Bonchev–Trinajstić information content (AvgIpc) is 3.36. The van der Waals surface area contributed by atoms with E-state index in [-0.39, 0.29) is 11.9 Å². The van der Waals surface area contributed by atoms with Gasteiger partial charge in [-0.05, 0) is 49.2 Å². The van der Waals surface area contributed by atoms with Crippen LogP contribution in [0.4, 0.5) is 0 Å². The number of ether oxygens (including phenoxy) is 1. The molecule has 32 heavy (non-hydrogen) atoms. The van der Waals surface area contributed by atoms with Gasteiger partial charge < -0.3 is 10.1 Å². The summed E-state index contributed by atoms with van der Waals surface area (Å²) in [6.07, 6.45) is 7.04. The second-order valence-corrected chi connectivity index (χ2v) is 7.74. The smallest absolute Gasteiger partial charge is 0.251 e. The van der Waals surface area contributed by atoms with E-state index in [2.05, 4.69) is 25.5 Å². The third-order valence-electron chi connectivity index (χ3n) is 5.63. The van der Waals surface area contributed by atoms with Crippen molar-refractivity contribution in [2.24, 2.45) is 0 Å². The Morgan fingerprint density at radius 3 is 2.53 bits per heavy atom. The van der Waals surface area contributed by atoms with Gasteiger partial charge in [-0.25, -0.2) is 0 Å². The summed E-state index contributed by atoms with van der Waals surface area (Å²) in [4.78, 5) is 21.5. The summed E-state index contributed by atoms with van der Waals surface area (Å²) in [5.74, 6) is -0.0531. The normalized spacial score (nSPS) is 14.2. The quantitative estimate of drug-likeness (QED) is 0.502. The lowest BCUT2D eigenvalue weighted by Crippen LogP contribution is -2.38. The summed E-state index contributed by atoms with van der Waals surface area (Å²) in [7, 11) is 0. The fraction of sp³-hybridized carbons (Fsp3) is 0.200. The monoisotopic (exact) mass is 425 g/mol. The SMILES string of the molecule is O=C(NC1CCOCC1)c1ccc(-c2cc(-c3[nH]ncc3-c3ccccn3)ccn2)cc1. The van der Waals surface area contributed by atoms with E-state index in [9.17, 15) is 4.79 Å². The lowest BCUT2D eigenvalue weighted by molar-refractivity contribution is 0.0696. The molecule has 0 spiro atoms. The molecule has 160 valence electrons. The fourth-order valence-corrected chi connectivity index (χ4v) is 3.87. The minimum absolute atomic E-state index is 0.0531. The number of hydrogen-bond donors (Lipinski definition) is 2. The lowest BCUT2D eigenvalue weighted by atomic mass is 10.0. The van der Waals surface area contributed by atoms with Gasteiger partial charge in [0.15, 0.2) is 0 Å². The first-order chi connectivity index (χ1) is 15.8. The van der Waals surface area contributed by atoms with Crippen molar-refractivity contribution in [2.45, 2.75) is 18.9 Å². The number of carbonyl (C=O) groups excluding carboxylic acids is 1. The van der Waals surface area contributed by atoms with Crippen LogP contribution >= 0.6 is 0 Å². The minimum Gasteiger partial charge on any atom is -0.381 e. The van der Waals surface area contributed by atoms with Crippen molar-refractivity contribution in [1.29, 1.82) is 0 Å². The highest BCUT2D eigenvalue weighted by atomic mass is 16.5. The number of nitrogens with zero attached hydrogens (tertiary/aromatic N) is 3. The molecule has 5 rings (SSSR count). The van der Waals surface area contributed by atoms with Crippen molar-refractivity contribution in [2.75, 3.05) is 13.2 Å². The van der Waals surface area contributed by atoms with Crippen LogP contribution in [-0.2, 0) is 4.74 Å². The number of benzene rings is 1. The molecule has 2 N–H and O–H groups in total.